The van der Waals surface area contributed by atoms with Gasteiger partial charge in [0, 0.05) is 4.47 Å². The third-order valence-electron chi connectivity index (χ3n) is 2.77. The number of hydrogen-bond acceptors (Lipinski definition) is 2. The van der Waals surface area contributed by atoms with Crippen LogP contribution < -0.4 is 10.1 Å². The van der Waals surface area contributed by atoms with Crippen LogP contribution in [0, 0.1) is 11.7 Å². The van der Waals surface area contributed by atoms with Gasteiger partial charge in [-0.05, 0) is 31.4 Å². The summed E-state index contributed by atoms with van der Waals surface area (Å²) in [7, 11) is 0. The minimum Gasteiger partial charge on any atom is -0.487 e. The van der Waals surface area contributed by atoms with Crippen molar-refractivity contribution in [2.45, 2.75) is 32.7 Å². The molecule has 21 heavy (non-hydrogen) atoms. The van der Waals surface area contributed by atoms with Crippen molar-refractivity contribution >= 4 is 33.6 Å². The average molecular weight is 383 g/mol. The fraction of sp³-hybridized carbons (Fsp3) is 0.500. The van der Waals surface area contributed by atoms with Crippen molar-refractivity contribution in [3.05, 3.63) is 27.4 Å². The molecule has 0 bridgehead atoms. The lowest BCUT2D eigenvalue weighted by atomic mass is 9.91. The highest BCUT2D eigenvalue weighted by Gasteiger charge is 2.29. The molecule has 0 radical (unpaired) electrons. The second-order valence-electron chi connectivity index (χ2n) is 5.58. The Labute approximate surface area is 136 Å². The Bertz CT molecular complexity index is 504. The van der Waals surface area contributed by atoms with Crippen LogP contribution >= 0.6 is 27.5 Å². The molecule has 0 aliphatic carbocycles. The van der Waals surface area contributed by atoms with Crippen LogP contribution in [0.4, 0.5) is 9.18 Å². The monoisotopic (exact) mass is 381 g/mol. The van der Waals surface area contributed by atoms with Crippen molar-refractivity contribution in [2.75, 3.05) is 6.61 Å². The number of rotatable bonds is 6. The van der Waals surface area contributed by atoms with E-state index in [2.05, 4.69) is 21.2 Å². The number of ether oxygens (including phenoxy) is 1. The molecule has 1 rings (SSSR count). The lowest BCUT2D eigenvalue weighted by molar-refractivity contribution is 0.141. The molecular formula is C14H18BrClFNO3. The summed E-state index contributed by atoms with van der Waals surface area (Å²) in [5, 5.41) is 11.5. The van der Waals surface area contributed by atoms with Gasteiger partial charge in [-0.25, -0.2) is 9.18 Å². The van der Waals surface area contributed by atoms with Crippen molar-refractivity contribution < 1.29 is 19.0 Å². The Morgan fingerprint density at radius 2 is 2.19 bits per heavy atom. The van der Waals surface area contributed by atoms with E-state index < -0.39 is 17.4 Å². The van der Waals surface area contributed by atoms with Gasteiger partial charge in [0.05, 0.1) is 10.6 Å². The summed E-state index contributed by atoms with van der Waals surface area (Å²) in [5.41, 5.74) is -0.831. The molecule has 0 saturated carbocycles. The van der Waals surface area contributed by atoms with E-state index in [4.69, 9.17) is 21.4 Å². The topological polar surface area (TPSA) is 58.6 Å². The van der Waals surface area contributed by atoms with E-state index in [1.165, 1.54) is 12.1 Å². The molecule has 118 valence electrons. The summed E-state index contributed by atoms with van der Waals surface area (Å²) in [6, 6.07) is 2.76. The number of carbonyl (C=O) groups is 1. The minimum absolute atomic E-state index is 0.0181. The molecule has 1 amide bonds. The van der Waals surface area contributed by atoms with Crippen molar-refractivity contribution in [3.63, 3.8) is 0 Å². The van der Waals surface area contributed by atoms with E-state index in [9.17, 15) is 9.18 Å². The maximum absolute atomic E-state index is 13.8. The van der Waals surface area contributed by atoms with Crippen LogP contribution in [-0.4, -0.2) is 23.3 Å². The van der Waals surface area contributed by atoms with E-state index in [-0.39, 0.29) is 23.3 Å². The van der Waals surface area contributed by atoms with Gasteiger partial charge in [-0.15, -0.1) is 0 Å². The smallest absolute Gasteiger partial charge is 0.405 e. The Morgan fingerprint density at radius 3 is 2.67 bits per heavy atom. The zero-order chi connectivity index (χ0) is 16.2. The van der Waals surface area contributed by atoms with Crippen molar-refractivity contribution in [3.8, 4) is 5.75 Å². The highest BCUT2D eigenvalue weighted by Crippen LogP contribution is 2.32. The number of benzene rings is 1. The van der Waals surface area contributed by atoms with E-state index >= 15 is 0 Å². The summed E-state index contributed by atoms with van der Waals surface area (Å²) in [6.45, 7) is 5.63. The predicted octanol–water partition coefficient (Wildman–Crippen LogP) is 4.69. The molecule has 7 heteroatoms. The number of hydrogen-bond donors (Lipinski definition) is 2. The van der Waals surface area contributed by atoms with Crippen LogP contribution in [0.5, 0.6) is 5.75 Å². The highest BCUT2D eigenvalue weighted by atomic mass is 79.9. The van der Waals surface area contributed by atoms with Crippen LogP contribution in [0.25, 0.3) is 0 Å². The standard InChI is InChI=1S/C14H18BrClFNO3/c1-8(2)6-14(3,18-13(19)20)7-21-12-10(16)4-9(15)5-11(12)17/h4-5,8,18H,6-7H2,1-3H3,(H,19,20). The largest absolute Gasteiger partial charge is 0.487 e. The highest BCUT2D eigenvalue weighted by molar-refractivity contribution is 9.10. The normalized spacial score (nSPS) is 13.9. The molecule has 1 aromatic rings. The van der Waals surface area contributed by atoms with Gasteiger partial charge < -0.3 is 15.2 Å². The molecule has 0 aliphatic rings. The van der Waals surface area contributed by atoms with Gasteiger partial charge in [-0.1, -0.05) is 41.4 Å². The molecule has 0 fully saturated rings. The Kier molecular flexibility index (Phi) is 6.28. The summed E-state index contributed by atoms with van der Waals surface area (Å²) < 4.78 is 19.8. The van der Waals surface area contributed by atoms with Gasteiger partial charge in [0.2, 0.25) is 0 Å². The molecule has 1 unspecified atom stereocenters. The molecule has 2 N–H and O–H groups in total. The van der Waals surface area contributed by atoms with Crippen LogP contribution in [0.15, 0.2) is 16.6 Å². The number of amides is 1. The van der Waals surface area contributed by atoms with E-state index in [0.717, 1.165) is 0 Å². The summed E-state index contributed by atoms with van der Waals surface area (Å²) >= 11 is 9.08. The fourth-order valence-electron chi connectivity index (χ4n) is 2.20. The molecule has 0 heterocycles. The molecule has 1 aromatic carbocycles. The molecule has 0 saturated heterocycles. The second kappa shape index (κ2) is 7.31. The Hall–Kier alpha value is -1.01. The molecule has 0 spiro atoms. The maximum Gasteiger partial charge on any atom is 0.405 e. The lowest BCUT2D eigenvalue weighted by Crippen LogP contribution is -2.50. The van der Waals surface area contributed by atoms with Crippen molar-refractivity contribution in [1.29, 1.82) is 0 Å². The van der Waals surface area contributed by atoms with E-state index in [1.54, 1.807) is 6.92 Å². The van der Waals surface area contributed by atoms with Crippen molar-refractivity contribution in [2.24, 2.45) is 5.92 Å². The van der Waals surface area contributed by atoms with Crippen LogP contribution in [0.2, 0.25) is 5.02 Å². The first-order valence-electron chi connectivity index (χ1n) is 6.41. The van der Waals surface area contributed by atoms with Gasteiger partial charge in [0.1, 0.15) is 6.61 Å². The zero-order valence-electron chi connectivity index (χ0n) is 12.0. The number of nitrogens with one attached hydrogen (secondary N) is 1. The molecule has 4 nitrogen and oxygen atoms in total. The first-order chi connectivity index (χ1) is 9.63. The molecule has 0 aliphatic heterocycles. The Balaban J connectivity index is 2.89. The summed E-state index contributed by atoms with van der Waals surface area (Å²) in [4.78, 5) is 10.9. The van der Waals surface area contributed by atoms with Gasteiger partial charge >= 0.3 is 6.09 Å². The lowest BCUT2D eigenvalue weighted by Gasteiger charge is -2.31. The fourth-order valence-corrected chi connectivity index (χ4v) is 3.03. The SMILES string of the molecule is CC(C)CC(C)(COc1c(F)cc(Br)cc1Cl)NC(=O)O. The van der Waals surface area contributed by atoms with Crippen LogP contribution in [0.3, 0.4) is 0 Å². The maximum atomic E-state index is 13.8. The molecule has 0 aromatic heterocycles. The second-order valence-corrected chi connectivity index (χ2v) is 6.90. The third kappa shape index (κ3) is 5.71. The van der Waals surface area contributed by atoms with Gasteiger partial charge in [-0.3, -0.25) is 0 Å². The minimum atomic E-state index is -1.15. The zero-order valence-corrected chi connectivity index (χ0v) is 14.4. The van der Waals surface area contributed by atoms with Gasteiger partial charge in [-0.2, -0.15) is 0 Å². The average Bonchev–Trinajstić information content (AvgIpc) is 2.24. The van der Waals surface area contributed by atoms with Gasteiger partial charge in [0.15, 0.2) is 11.6 Å². The van der Waals surface area contributed by atoms with E-state index in [0.29, 0.717) is 10.9 Å². The summed E-state index contributed by atoms with van der Waals surface area (Å²) in [6.07, 6.45) is -0.598. The third-order valence-corrected chi connectivity index (χ3v) is 3.50. The first kappa shape index (κ1) is 18.0. The quantitative estimate of drug-likeness (QED) is 0.750. The van der Waals surface area contributed by atoms with E-state index in [1.807, 2.05) is 13.8 Å². The summed E-state index contributed by atoms with van der Waals surface area (Å²) in [5.74, 6) is -0.436. The Morgan fingerprint density at radius 1 is 1.57 bits per heavy atom. The molecular weight excluding hydrogens is 365 g/mol. The van der Waals surface area contributed by atoms with Crippen LogP contribution in [0.1, 0.15) is 27.2 Å². The van der Waals surface area contributed by atoms with Gasteiger partial charge in [0.25, 0.3) is 0 Å². The van der Waals surface area contributed by atoms with Crippen LogP contribution in [-0.2, 0) is 0 Å². The number of halogens is 3. The predicted molar refractivity (Wildman–Crippen MR) is 83.6 cm³/mol. The first-order valence-corrected chi connectivity index (χ1v) is 7.58. The van der Waals surface area contributed by atoms with Crippen molar-refractivity contribution in [1.82, 2.24) is 5.32 Å². The molecule has 1 atom stereocenters. The number of carboxylic acid groups (broad SMARTS) is 1.